The summed E-state index contributed by atoms with van der Waals surface area (Å²) >= 11 is 0. The van der Waals surface area contributed by atoms with Gasteiger partial charge in [-0.05, 0) is 50.5 Å². The van der Waals surface area contributed by atoms with Gasteiger partial charge in [-0.3, -0.25) is 0 Å². The second-order valence-electron chi connectivity index (χ2n) is 5.81. The van der Waals surface area contributed by atoms with Gasteiger partial charge in [-0.25, -0.2) is 0 Å². The second kappa shape index (κ2) is 4.84. The summed E-state index contributed by atoms with van der Waals surface area (Å²) in [6.07, 6.45) is 6.55. The third-order valence-corrected chi connectivity index (χ3v) is 4.62. The average Bonchev–Trinajstić information content (AvgIpc) is 2.23. The smallest absolute Gasteiger partial charge is 0.00965 e. The fourth-order valence-electron chi connectivity index (χ4n) is 3.09. The summed E-state index contributed by atoms with van der Waals surface area (Å²) in [5.74, 6) is 1.81. The van der Waals surface area contributed by atoms with Gasteiger partial charge in [0.1, 0.15) is 0 Å². The molecule has 15 heavy (non-hydrogen) atoms. The number of nitrogens with zero attached hydrogens (tertiary/aromatic N) is 1. The molecule has 88 valence electrons. The summed E-state index contributed by atoms with van der Waals surface area (Å²) in [5, 5.41) is 0. The number of likely N-dealkylation sites (tertiary alicyclic amines) is 1. The minimum Gasteiger partial charge on any atom is -0.328 e. The molecule has 2 heteroatoms. The molecule has 2 unspecified atom stereocenters. The maximum Gasteiger partial charge on any atom is 0.00965 e. The van der Waals surface area contributed by atoms with Crippen molar-refractivity contribution in [1.82, 2.24) is 4.90 Å². The average molecular weight is 210 g/mol. The number of hydrogen-bond donors (Lipinski definition) is 1. The van der Waals surface area contributed by atoms with Crippen LogP contribution in [0.15, 0.2) is 0 Å². The summed E-state index contributed by atoms with van der Waals surface area (Å²) in [4.78, 5) is 2.73. The van der Waals surface area contributed by atoms with E-state index >= 15 is 0 Å². The molecule has 1 heterocycles. The topological polar surface area (TPSA) is 29.3 Å². The number of nitrogens with two attached hydrogens (primary N) is 1. The molecule has 1 aliphatic heterocycles. The predicted molar refractivity (Wildman–Crippen MR) is 64.7 cm³/mol. The summed E-state index contributed by atoms with van der Waals surface area (Å²) < 4.78 is 0. The van der Waals surface area contributed by atoms with Crippen molar-refractivity contribution in [2.24, 2.45) is 17.6 Å². The molecule has 2 nitrogen and oxygen atoms in total. The lowest BCUT2D eigenvalue weighted by atomic mass is 9.84. The summed E-state index contributed by atoms with van der Waals surface area (Å²) in [7, 11) is 0. The Bertz CT molecular complexity index is 197. The Balaban J connectivity index is 1.84. The standard InChI is InChI=1S/C13H26N2/c1-10-7-8-15(9-11(10)2)13-5-3-12(14)4-6-13/h10-13H,3-9,14H2,1-2H3. The molecule has 2 fully saturated rings. The maximum atomic E-state index is 5.96. The molecule has 2 atom stereocenters. The molecule has 0 amide bonds. The molecule has 1 aliphatic carbocycles. The van der Waals surface area contributed by atoms with Crippen LogP contribution in [0.1, 0.15) is 46.0 Å². The molecular formula is C13H26N2. The van der Waals surface area contributed by atoms with Crippen molar-refractivity contribution in [1.29, 1.82) is 0 Å². The quantitative estimate of drug-likeness (QED) is 0.719. The first kappa shape index (κ1) is 11.4. The molecule has 1 saturated carbocycles. The lowest BCUT2D eigenvalue weighted by Gasteiger charge is -2.42. The first-order valence-corrected chi connectivity index (χ1v) is 6.66. The molecule has 2 rings (SSSR count). The van der Waals surface area contributed by atoms with Gasteiger partial charge in [-0.2, -0.15) is 0 Å². The molecule has 0 aromatic rings. The lowest BCUT2D eigenvalue weighted by Crippen LogP contribution is -2.47. The van der Waals surface area contributed by atoms with E-state index in [1.807, 2.05) is 0 Å². The van der Waals surface area contributed by atoms with Crippen LogP contribution < -0.4 is 5.73 Å². The SMILES string of the molecule is CC1CCN(C2CCC(N)CC2)CC1C. The Hall–Kier alpha value is -0.0800. The van der Waals surface area contributed by atoms with Crippen molar-refractivity contribution >= 4 is 0 Å². The van der Waals surface area contributed by atoms with E-state index in [1.54, 1.807) is 0 Å². The van der Waals surface area contributed by atoms with Crippen molar-refractivity contribution in [2.75, 3.05) is 13.1 Å². The first-order valence-electron chi connectivity index (χ1n) is 6.66. The van der Waals surface area contributed by atoms with E-state index in [4.69, 9.17) is 5.73 Å². The molecule has 0 aromatic heterocycles. The van der Waals surface area contributed by atoms with Gasteiger partial charge in [-0.15, -0.1) is 0 Å². The molecule has 2 N–H and O–H groups in total. The van der Waals surface area contributed by atoms with Gasteiger partial charge in [0.25, 0.3) is 0 Å². The van der Waals surface area contributed by atoms with Crippen LogP contribution in [0.3, 0.4) is 0 Å². The van der Waals surface area contributed by atoms with Crippen LogP contribution in [0.2, 0.25) is 0 Å². The largest absolute Gasteiger partial charge is 0.328 e. The Morgan fingerprint density at radius 3 is 2.20 bits per heavy atom. The fourth-order valence-corrected chi connectivity index (χ4v) is 3.09. The van der Waals surface area contributed by atoms with Crippen LogP contribution in [-0.2, 0) is 0 Å². The first-order chi connectivity index (χ1) is 7.16. The van der Waals surface area contributed by atoms with Gasteiger partial charge in [0.05, 0.1) is 0 Å². The second-order valence-corrected chi connectivity index (χ2v) is 5.81. The van der Waals surface area contributed by atoms with E-state index in [-0.39, 0.29) is 0 Å². The van der Waals surface area contributed by atoms with Crippen LogP contribution in [0, 0.1) is 11.8 Å². The molecule has 2 aliphatic rings. The van der Waals surface area contributed by atoms with Gasteiger partial charge in [-0.1, -0.05) is 13.8 Å². The zero-order chi connectivity index (χ0) is 10.8. The van der Waals surface area contributed by atoms with Crippen molar-refractivity contribution < 1.29 is 0 Å². The fraction of sp³-hybridized carbons (Fsp3) is 1.00. The zero-order valence-corrected chi connectivity index (χ0v) is 10.3. The normalized spacial score (nSPS) is 44.2. The third kappa shape index (κ3) is 2.73. The van der Waals surface area contributed by atoms with E-state index in [0.717, 1.165) is 17.9 Å². The van der Waals surface area contributed by atoms with Crippen LogP contribution in [-0.4, -0.2) is 30.1 Å². The summed E-state index contributed by atoms with van der Waals surface area (Å²) in [5.41, 5.74) is 5.96. The molecule has 1 saturated heterocycles. The number of piperidine rings is 1. The summed E-state index contributed by atoms with van der Waals surface area (Å²) in [6.45, 7) is 7.46. The Morgan fingerprint density at radius 1 is 0.933 bits per heavy atom. The van der Waals surface area contributed by atoms with Gasteiger partial charge < -0.3 is 10.6 Å². The highest BCUT2D eigenvalue weighted by atomic mass is 15.2. The third-order valence-electron chi connectivity index (χ3n) is 4.62. The van der Waals surface area contributed by atoms with Gasteiger partial charge in [0.2, 0.25) is 0 Å². The molecule has 0 bridgehead atoms. The molecule has 0 aromatic carbocycles. The van der Waals surface area contributed by atoms with E-state index in [1.165, 1.54) is 45.2 Å². The molecular weight excluding hydrogens is 184 g/mol. The highest BCUT2D eigenvalue weighted by molar-refractivity contribution is 4.85. The van der Waals surface area contributed by atoms with E-state index in [0.29, 0.717) is 6.04 Å². The zero-order valence-electron chi connectivity index (χ0n) is 10.3. The highest BCUT2D eigenvalue weighted by Gasteiger charge is 2.29. The Kier molecular flexibility index (Phi) is 3.68. The van der Waals surface area contributed by atoms with Gasteiger partial charge in [0.15, 0.2) is 0 Å². The van der Waals surface area contributed by atoms with Crippen molar-refractivity contribution in [2.45, 2.75) is 58.0 Å². The van der Waals surface area contributed by atoms with Gasteiger partial charge >= 0.3 is 0 Å². The van der Waals surface area contributed by atoms with Crippen molar-refractivity contribution in [3.8, 4) is 0 Å². The van der Waals surface area contributed by atoms with E-state index in [9.17, 15) is 0 Å². The number of hydrogen-bond acceptors (Lipinski definition) is 2. The van der Waals surface area contributed by atoms with E-state index < -0.39 is 0 Å². The molecule has 0 radical (unpaired) electrons. The minimum absolute atomic E-state index is 0.488. The monoisotopic (exact) mass is 210 g/mol. The molecule has 0 spiro atoms. The predicted octanol–water partition coefficient (Wildman–Crippen LogP) is 2.23. The van der Waals surface area contributed by atoms with Crippen LogP contribution >= 0.6 is 0 Å². The highest BCUT2D eigenvalue weighted by Crippen LogP contribution is 2.29. The Labute approximate surface area is 94.2 Å². The Morgan fingerprint density at radius 2 is 1.60 bits per heavy atom. The minimum atomic E-state index is 0.488. The summed E-state index contributed by atoms with van der Waals surface area (Å²) in [6, 6.07) is 1.34. The maximum absolute atomic E-state index is 5.96. The van der Waals surface area contributed by atoms with E-state index in [2.05, 4.69) is 18.7 Å². The van der Waals surface area contributed by atoms with Crippen LogP contribution in [0.4, 0.5) is 0 Å². The van der Waals surface area contributed by atoms with Gasteiger partial charge in [0, 0.05) is 18.6 Å². The van der Waals surface area contributed by atoms with Crippen LogP contribution in [0.5, 0.6) is 0 Å². The lowest BCUT2D eigenvalue weighted by molar-refractivity contribution is 0.0739. The van der Waals surface area contributed by atoms with Crippen LogP contribution in [0.25, 0.3) is 0 Å². The van der Waals surface area contributed by atoms with Crippen molar-refractivity contribution in [3.05, 3.63) is 0 Å². The number of rotatable bonds is 1. The van der Waals surface area contributed by atoms with Crippen molar-refractivity contribution in [3.63, 3.8) is 0 Å².